The van der Waals surface area contributed by atoms with E-state index in [-0.39, 0.29) is 11.4 Å². The van der Waals surface area contributed by atoms with E-state index in [0.29, 0.717) is 5.69 Å². The minimum absolute atomic E-state index is 0.0487. The van der Waals surface area contributed by atoms with Gasteiger partial charge in [-0.25, -0.2) is 0 Å². The highest BCUT2D eigenvalue weighted by Crippen LogP contribution is 2.31. The van der Waals surface area contributed by atoms with Gasteiger partial charge in [-0.1, -0.05) is 5.21 Å². The lowest BCUT2D eigenvalue weighted by molar-refractivity contribution is 0.0359. The van der Waals surface area contributed by atoms with E-state index in [4.69, 9.17) is 4.74 Å². The number of amides is 1. The van der Waals surface area contributed by atoms with Gasteiger partial charge in [-0.2, -0.15) is 0 Å². The molecule has 4 heterocycles. The zero-order chi connectivity index (χ0) is 16.4. The van der Waals surface area contributed by atoms with Crippen LogP contribution in [0.5, 0.6) is 0 Å². The predicted molar refractivity (Wildman–Crippen MR) is 87.8 cm³/mol. The van der Waals surface area contributed by atoms with Gasteiger partial charge in [0.1, 0.15) is 0 Å². The van der Waals surface area contributed by atoms with E-state index in [0.717, 1.165) is 78.3 Å². The highest BCUT2D eigenvalue weighted by molar-refractivity contribution is 5.92. The monoisotopic (exact) mass is 334 g/mol. The minimum atomic E-state index is -0.0867. The summed E-state index contributed by atoms with van der Waals surface area (Å²) in [5.74, 6) is -0.0867. The maximum Gasteiger partial charge on any atom is 0.273 e. The molecular formula is C16H26N6O2. The van der Waals surface area contributed by atoms with E-state index in [1.165, 1.54) is 0 Å². The Morgan fingerprint density at radius 3 is 2.96 bits per heavy atom. The van der Waals surface area contributed by atoms with Crippen LogP contribution in [-0.2, 0) is 11.3 Å². The number of hydrogen-bond acceptors (Lipinski definition) is 6. The fourth-order valence-corrected chi connectivity index (χ4v) is 4.04. The van der Waals surface area contributed by atoms with Crippen LogP contribution in [0.1, 0.15) is 29.8 Å². The number of piperidine rings is 1. The van der Waals surface area contributed by atoms with Crippen molar-refractivity contribution in [3.05, 3.63) is 11.9 Å². The molecule has 2 unspecified atom stereocenters. The molecule has 1 amide bonds. The summed E-state index contributed by atoms with van der Waals surface area (Å²) >= 11 is 0. The van der Waals surface area contributed by atoms with Gasteiger partial charge in [-0.15, -0.1) is 5.10 Å². The summed E-state index contributed by atoms with van der Waals surface area (Å²) in [5, 5.41) is 11.4. The lowest BCUT2D eigenvalue weighted by atomic mass is 9.90. The number of ether oxygens (including phenoxy) is 1. The maximum absolute atomic E-state index is 12.5. The molecule has 2 atom stereocenters. The summed E-state index contributed by atoms with van der Waals surface area (Å²) in [7, 11) is 0. The van der Waals surface area contributed by atoms with Gasteiger partial charge in [-0.3, -0.25) is 14.4 Å². The Balaban J connectivity index is 1.31. The van der Waals surface area contributed by atoms with E-state index in [2.05, 4.69) is 25.4 Å². The van der Waals surface area contributed by atoms with Crippen molar-refractivity contribution in [3.63, 3.8) is 0 Å². The molecule has 3 saturated heterocycles. The lowest BCUT2D eigenvalue weighted by Gasteiger charge is -2.34. The van der Waals surface area contributed by atoms with Crippen LogP contribution in [0, 0.1) is 0 Å². The van der Waals surface area contributed by atoms with Crippen molar-refractivity contribution in [1.29, 1.82) is 0 Å². The molecule has 24 heavy (non-hydrogen) atoms. The average Bonchev–Trinajstić information content (AvgIpc) is 3.19. The number of aromatic nitrogens is 3. The van der Waals surface area contributed by atoms with Crippen LogP contribution in [0.4, 0.5) is 0 Å². The number of carbonyl (C=O) groups is 1. The standard InChI is InChI=1S/C16H26N6O2/c23-15(17-16-2-1-4-21(13-16)5-3-16)14-12-22(19-18-14)7-6-20-8-10-24-11-9-20/h12H,1-11,13H2,(H,17,23). The van der Waals surface area contributed by atoms with Crippen LogP contribution < -0.4 is 5.32 Å². The highest BCUT2D eigenvalue weighted by Gasteiger charge is 2.42. The first-order valence-electron chi connectivity index (χ1n) is 8.98. The summed E-state index contributed by atoms with van der Waals surface area (Å²) in [5.41, 5.74) is 0.378. The Kier molecular flexibility index (Phi) is 4.51. The van der Waals surface area contributed by atoms with Crippen LogP contribution in [0.3, 0.4) is 0 Å². The SMILES string of the molecule is O=C(NC12CCCN(CC1)C2)c1cn(CCN2CCOCC2)nn1. The van der Waals surface area contributed by atoms with Gasteiger partial charge in [0.2, 0.25) is 0 Å². The number of carbonyl (C=O) groups excluding carboxylic acids is 1. The smallest absolute Gasteiger partial charge is 0.273 e. The van der Waals surface area contributed by atoms with Gasteiger partial charge >= 0.3 is 0 Å². The molecule has 8 heteroatoms. The number of morpholine rings is 1. The summed E-state index contributed by atoms with van der Waals surface area (Å²) in [6, 6.07) is 0. The van der Waals surface area contributed by atoms with Crippen molar-refractivity contribution < 1.29 is 9.53 Å². The van der Waals surface area contributed by atoms with Gasteiger partial charge < -0.3 is 15.0 Å². The topological polar surface area (TPSA) is 75.5 Å². The average molecular weight is 334 g/mol. The molecule has 0 spiro atoms. The molecule has 4 rings (SSSR count). The maximum atomic E-state index is 12.5. The summed E-state index contributed by atoms with van der Waals surface area (Å²) in [6.07, 6.45) is 5.04. The van der Waals surface area contributed by atoms with Gasteiger partial charge in [0.25, 0.3) is 5.91 Å². The number of rotatable bonds is 5. The molecule has 8 nitrogen and oxygen atoms in total. The van der Waals surface area contributed by atoms with Crippen molar-refractivity contribution in [1.82, 2.24) is 30.1 Å². The second-order valence-corrected chi connectivity index (χ2v) is 7.19. The van der Waals surface area contributed by atoms with E-state index in [1.54, 1.807) is 10.9 Å². The fraction of sp³-hybridized carbons (Fsp3) is 0.812. The Morgan fingerprint density at radius 1 is 1.21 bits per heavy atom. The van der Waals surface area contributed by atoms with Gasteiger partial charge in [-0.05, 0) is 25.8 Å². The molecule has 0 radical (unpaired) electrons. The van der Waals surface area contributed by atoms with Crippen molar-refractivity contribution in [2.24, 2.45) is 0 Å². The first kappa shape index (κ1) is 16.0. The van der Waals surface area contributed by atoms with E-state index in [1.807, 2.05) is 0 Å². The third kappa shape index (κ3) is 3.45. The predicted octanol–water partition coefficient (Wildman–Crippen LogP) is -0.422. The van der Waals surface area contributed by atoms with Crippen molar-refractivity contribution in [3.8, 4) is 0 Å². The molecule has 3 fully saturated rings. The van der Waals surface area contributed by atoms with E-state index in [9.17, 15) is 4.79 Å². The Morgan fingerprint density at radius 2 is 2.08 bits per heavy atom. The quantitative estimate of drug-likeness (QED) is 0.788. The fourth-order valence-electron chi connectivity index (χ4n) is 4.04. The molecule has 1 aromatic rings. The first-order valence-corrected chi connectivity index (χ1v) is 8.98. The highest BCUT2D eigenvalue weighted by atomic mass is 16.5. The molecule has 3 aliphatic rings. The number of fused-ring (bicyclic) bond motifs is 2. The number of nitrogens with zero attached hydrogens (tertiary/aromatic N) is 5. The molecule has 2 bridgehead atoms. The van der Waals surface area contributed by atoms with Crippen LogP contribution in [-0.4, -0.2) is 88.7 Å². The summed E-state index contributed by atoms with van der Waals surface area (Å²) in [4.78, 5) is 17.3. The Labute approximate surface area is 142 Å². The Hall–Kier alpha value is -1.51. The molecule has 1 N–H and O–H groups in total. The molecule has 0 saturated carbocycles. The summed E-state index contributed by atoms with van der Waals surface area (Å²) < 4.78 is 7.12. The number of nitrogens with one attached hydrogen (secondary N) is 1. The zero-order valence-corrected chi connectivity index (χ0v) is 14.1. The molecular weight excluding hydrogens is 308 g/mol. The van der Waals surface area contributed by atoms with Crippen LogP contribution >= 0.6 is 0 Å². The minimum Gasteiger partial charge on any atom is -0.379 e. The van der Waals surface area contributed by atoms with Crippen molar-refractivity contribution in [2.45, 2.75) is 31.3 Å². The third-order valence-electron chi connectivity index (χ3n) is 5.46. The molecule has 1 aromatic heterocycles. The van der Waals surface area contributed by atoms with Gasteiger partial charge in [0.15, 0.2) is 5.69 Å². The molecule has 0 aliphatic carbocycles. The van der Waals surface area contributed by atoms with Gasteiger partial charge in [0, 0.05) is 32.7 Å². The number of hydrogen-bond donors (Lipinski definition) is 1. The zero-order valence-electron chi connectivity index (χ0n) is 14.1. The van der Waals surface area contributed by atoms with E-state index < -0.39 is 0 Å². The summed E-state index contributed by atoms with van der Waals surface area (Å²) in [6.45, 7) is 8.40. The lowest BCUT2D eigenvalue weighted by Crippen LogP contribution is -2.52. The molecule has 3 aliphatic heterocycles. The van der Waals surface area contributed by atoms with E-state index >= 15 is 0 Å². The molecule has 0 aromatic carbocycles. The largest absolute Gasteiger partial charge is 0.379 e. The van der Waals surface area contributed by atoms with Gasteiger partial charge in [0.05, 0.1) is 31.5 Å². The van der Waals surface area contributed by atoms with Crippen LogP contribution in [0.15, 0.2) is 6.20 Å². The second kappa shape index (κ2) is 6.78. The van der Waals surface area contributed by atoms with Crippen LogP contribution in [0.25, 0.3) is 0 Å². The second-order valence-electron chi connectivity index (χ2n) is 7.19. The van der Waals surface area contributed by atoms with Crippen molar-refractivity contribution >= 4 is 5.91 Å². The first-order chi connectivity index (χ1) is 11.7. The van der Waals surface area contributed by atoms with Crippen molar-refractivity contribution in [2.75, 3.05) is 52.5 Å². The third-order valence-corrected chi connectivity index (χ3v) is 5.46. The normalized spacial score (nSPS) is 30.4. The van der Waals surface area contributed by atoms with Crippen LogP contribution in [0.2, 0.25) is 0 Å². The molecule has 132 valence electrons. The Bertz CT molecular complexity index is 581.